The molecule has 5 atom stereocenters. The minimum Gasteiger partial charge on any atom is -0.481 e. The molecule has 1 aromatic rings. The van der Waals surface area contributed by atoms with Gasteiger partial charge in [-0.25, -0.2) is 0 Å². The van der Waals surface area contributed by atoms with Gasteiger partial charge in [0.15, 0.2) is 0 Å². The van der Waals surface area contributed by atoms with Crippen molar-refractivity contribution < 1.29 is 9.90 Å². The lowest BCUT2D eigenvalue weighted by Gasteiger charge is -2.61. The minimum atomic E-state index is -0.621. The molecule has 0 aromatic heterocycles. The second kappa shape index (κ2) is 5.10. The van der Waals surface area contributed by atoms with Gasteiger partial charge in [0.1, 0.15) is 0 Å². The van der Waals surface area contributed by atoms with Gasteiger partial charge in [-0.1, -0.05) is 31.2 Å². The van der Waals surface area contributed by atoms with Gasteiger partial charge < -0.3 is 10.4 Å². The summed E-state index contributed by atoms with van der Waals surface area (Å²) >= 11 is 0. The number of nitrogens with one attached hydrogen (secondary N) is 1. The van der Waals surface area contributed by atoms with Crippen molar-refractivity contribution in [3.8, 4) is 0 Å². The molecule has 2 aliphatic carbocycles. The van der Waals surface area contributed by atoms with Crippen molar-refractivity contribution in [2.24, 2.45) is 11.8 Å². The van der Waals surface area contributed by atoms with E-state index in [-0.39, 0.29) is 34.4 Å². The normalized spacial score (nSPS) is 39.3. The number of benzene rings is 1. The fraction of sp³-hybridized carbons (Fsp3) is 0.588. The summed E-state index contributed by atoms with van der Waals surface area (Å²) in [5, 5.41) is 13.1. The number of aliphatic carboxylic acids is 1. The smallest absolute Gasteiger partial charge is 0.308 e. The molecule has 4 aliphatic rings. The maximum Gasteiger partial charge on any atom is 0.308 e. The van der Waals surface area contributed by atoms with Crippen LogP contribution in [0.2, 0.25) is 0 Å². The van der Waals surface area contributed by atoms with Gasteiger partial charge in [-0.15, -0.1) is 17.0 Å². The first-order chi connectivity index (χ1) is 9.65. The zero-order chi connectivity index (χ0) is 13.9. The largest absolute Gasteiger partial charge is 0.481 e. The Labute approximate surface area is 135 Å². The van der Waals surface area contributed by atoms with Crippen molar-refractivity contribution in [2.75, 3.05) is 0 Å². The molecule has 1 aromatic carbocycles. The minimum absolute atomic E-state index is 0. The molecule has 4 bridgehead atoms. The van der Waals surface area contributed by atoms with Crippen molar-refractivity contribution in [1.29, 1.82) is 0 Å². The Morgan fingerprint density at radius 3 is 2.81 bits per heavy atom. The molecule has 2 aliphatic heterocycles. The zero-order valence-corrected chi connectivity index (χ0v) is 13.9. The highest BCUT2D eigenvalue weighted by Gasteiger charge is 2.58. The zero-order valence-electron chi connectivity index (χ0n) is 12.2. The highest BCUT2D eigenvalue weighted by atomic mass is 79.9. The van der Waals surface area contributed by atoms with E-state index in [9.17, 15) is 9.90 Å². The SMILES string of the molecule is Br.CCC12CC3NC(Cc4ccccc41)C2CC3C(=O)O. The Morgan fingerprint density at radius 2 is 2.14 bits per heavy atom. The number of hydrogen-bond acceptors (Lipinski definition) is 2. The van der Waals surface area contributed by atoms with Gasteiger partial charge in [-0.3, -0.25) is 4.79 Å². The monoisotopic (exact) mass is 351 g/mol. The molecular weight excluding hydrogens is 330 g/mol. The van der Waals surface area contributed by atoms with Crippen LogP contribution in [0.3, 0.4) is 0 Å². The Kier molecular flexibility index (Phi) is 3.65. The van der Waals surface area contributed by atoms with E-state index < -0.39 is 5.97 Å². The Bertz CT molecular complexity index is 576. The van der Waals surface area contributed by atoms with Crippen molar-refractivity contribution in [2.45, 2.75) is 50.1 Å². The standard InChI is InChI=1S/C17H21NO2.BrH/c1-2-17-9-15-11(16(19)20)8-13(17)14(18-15)7-10-5-3-4-6-12(10)17;/h3-6,11,13-15,18H,2,7-9H2,1H3,(H,19,20);1H. The predicted molar refractivity (Wildman–Crippen MR) is 87.0 cm³/mol. The molecule has 5 rings (SSSR count). The Balaban J connectivity index is 0.00000132. The molecule has 0 spiro atoms. The summed E-state index contributed by atoms with van der Waals surface area (Å²) in [5.41, 5.74) is 3.18. The topological polar surface area (TPSA) is 49.3 Å². The average Bonchev–Trinajstić information content (AvgIpc) is 2.46. The summed E-state index contributed by atoms with van der Waals surface area (Å²) in [6, 6.07) is 9.42. The van der Waals surface area contributed by atoms with Crippen LogP contribution >= 0.6 is 17.0 Å². The molecule has 2 N–H and O–H groups in total. The summed E-state index contributed by atoms with van der Waals surface area (Å²) in [7, 11) is 0. The lowest BCUT2D eigenvalue weighted by atomic mass is 9.49. The molecule has 4 heteroatoms. The van der Waals surface area contributed by atoms with E-state index in [2.05, 4.69) is 36.5 Å². The number of carboxylic acids is 1. The van der Waals surface area contributed by atoms with Crippen LogP contribution in [0.5, 0.6) is 0 Å². The molecule has 3 nitrogen and oxygen atoms in total. The molecule has 114 valence electrons. The van der Waals surface area contributed by atoms with Gasteiger partial charge in [0.2, 0.25) is 0 Å². The molecule has 2 heterocycles. The van der Waals surface area contributed by atoms with Crippen molar-refractivity contribution in [1.82, 2.24) is 5.32 Å². The van der Waals surface area contributed by atoms with Crippen molar-refractivity contribution in [3.05, 3.63) is 35.4 Å². The van der Waals surface area contributed by atoms with Gasteiger partial charge in [-0.05, 0) is 42.7 Å². The first-order valence-electron chi connectivity index (χ1n) is 7.73. The van der Waals surface area contributed by atoms with Crippen LogP contribution in [0.4, 0.5) is 0 Å². The predicted octanol–water partition coefficient (Wildman–Crippen LogP) is 2.92. The van der Waals surface area contributed by atoms with E-state index in [1.54, 1.807) is 0 Å². The second-order valence-corrected chi connectivity index (χ2v) is 6.74. The van der Waals surface area contributed by atoms with Crippen LogP contribution in [-0.2, 0) is 16.6 Å². The number of fused-ring (bicyclic) bond motifs is 2. The van der Waals surface area contributed by atoms with Crippen LogP contribution in [0.15, 0.2) is 24.3 Å². The molecule has 21 heavy (non-hydrogen) atoms. The van der Waals surface area contributed by atoms with Crippen LogP contribution in [0, 0.1) is 11.8 Å². The third-order valence-electron chi connectivity index (χ3n) is 6.14. The van der Waals surface area contributed by atoms with Crippen LogP contribution < -0.4 is 5.32 Å². The fourth-order valence-electron chi connectivity index (χ4n) is 5.27. The van der Waals surface area contributed by atoms with E-state index in [1.807, 2.05) is 0 Å². The molecule has 1 saturated carbocycles. The van der Waals surface area contributed by atoms with Crippen molar-refractivity contribution in [3.63, 3.8) is 0 Å². The number of hydrogen-bond donors (Lipinski definition) is 2. The number of piperidine rings is 2. The third kappa shape index (κ3) is 1.92. The van der Waals surface area contributed by atoms with Crippen LogP contribution in [0.25, 0.3) is 0 Å². The van der Waals surface area contributed by atoms with E-state index in [1.165, 1.54) is 11.1 Å². The lowest BCUT2D eigenvalue weighted by Crippen LogP contribution is -2.69. The molecule has 2 saturated heterocycles. The first-order valence-corrected chi connectivity index (χ1v) is 7.73. The third-order valence-corrected chi connectivity index (χ3v) is 6.14. The summed E-state index contributed by atoms with van der Waals surface area (Å²) in [4.78, 5) is 11.5. The highest BCUT2D eigenvalue weighted by molar-refractivity contribution is 8.93. The number of halogens is 1. The Hall–Kier alpha value is -0.870. The maximum absolute atomic E-state index is 11.5. The lowest BCUT2D eigenvalue weighted by molar-refractivity contribution is -0.149. The van der Waals surface area contributed by atoms with E-state index in [0.29, 0.717) is 12.0 Å². The highest BCUT2D eigenvalue weighted by Crippen LogP contribution is 2.56. The molecule has 0 radical (unpaired) electrons. The molecule has 0 amide bonds. The summed E-state index contributed by atoms with van der Waals surface area (Å²) in [5.74, 6) is -0.334. The number of rotatable bonds is 2. The first kappa shape index (κ1) is 15.0. The summed E-state index contributed by atoms with van der Waals surface area (Å²) in [6.45, 7) is 2.27. The van der Waals surface area contributed by atoms with E-state index in [0.717, 1.165) is 25.7 Å². The Morgan fingerprint density at radius 1 is 1.38 bits per heavy atom. The van der Waals surface area contributed by atoms with Gasteiger partial charge in [0.25, 0.3) is 0 Å². The van der Waals surface area contributed by atoms with Crippen LogP contribution in [-0.4, -0.2) is 23.2 Å². The second-order valence-electron chi connectivity index (χ2n) is 6.74. The quantitative estimate of drug-likeness (QED) is 0.861. The molecule has 5 unspecified atom stereocenters. The number of carbonyl (C=O) groups is 1. The van der Waals surface area contributed by atoms with Gasteiger partial charge in [0, 0.05) is 17.5 Å². The van der Waals surface area contributed by atoms with Crippen LogP contribution in [0.1, 0.15) is 37.3 Å². The van der Waals surface area contributed by atoms with E-state index in [4.69, 9.17) is 0 Å². The van der Waals surface area contributed by atoms with Gasteiger partial charge in [-0.2, -0.15) is 0 Å². The maximum atomic E-state index is 11.5. The van der Waals surface area contributed by atoms with Gasteiger partial charge >= 0.3 is 5.97 Å². The summed E-state index contributed by atoms with van der Waals surface area (Å²) in [6.07, 6.45) is 4.01. The van der Waals surface area contributed by atoms with E-state index >= 15 is 0 Å². The molecule has 3 fully saturated rings. The van der Waals surface area contributed by atoms with Gasteiger partial charge in [0.05, 0.1) is 5.92 Å². The van der Waals surface area contributed by atoms with Crippen molar-refractivity contribution >= 4 is 23.0 Å². The summed E-state index contributed by atoms with van der Waals surface area (Å²) < 4.78 is 0. The fourth-order valence-corrected chi connectivity index (χ4v) is 5.27. The average molecular weight is 352 g/mol. The molecular formula is C17H22BrNO2. The number of carboxylic acid groups (broad SMARTS) is 1.